The smallest absolute Gasteiger partial charge is 0.222 e. The number of rotatable bonds is 3. The Kier molecular flexibility index (Phi) is 4.67. The lowest BCUT2D eigenvalue weighted by Crippen LogP contribution is -2.31. The van der Waals surface area contributed by atoms with Gasteiger partial charge in [0.15, 0.2) is 11.5 Å². The molecule has 0 saturated heterocycles. The summed E-state index contributed by atoms with van der Waals surface area (Å²) in [4.78, 5) is 18.6. The molecule has 4 rings (SSSR count). The van der Waals surface area contributed by atoms with Crippen molar-refractivity contribution >= 4 is 16.8 Å². The minimum absolute atomic E-state index is 0.128. The Morgan fingerprint density at radius 3 is 2.89 bits per heavy atom. The van der Waals surface area contributed by atoms with Crippen LogP contribution in [0.15, 0.2) is 48.7 Å². The first-order valence-corrected chi connectivity index (χ1v) is 9.16. The zero-order valence-electron chi connectivity index (χ0n) is 15.6. The Bertz CT molecular complexity index is 1000. The Labute approximate surface area is 158 Å². The Balaban J connectivity index is 1.80. The zero-order valence-corrected chi connectivity index (χ0v) is 15.6. The fourth-order valence-corrected chi connectivity index (χ4v) is 3.47. The molecule has 1 aromatic heterocycles. The first-order valence-electron chi connectivity index (χ1n) is 9.16. The van der Waals surface area contributed by atoms with Crippen molar-refractivity contribution in [1.29, 1.82) is 0 Å². The average Bonchev–Trinajstić information content (AvgIpc) is 2.94. The average molecular weight is 362 g/mol. The van der Waals surface area contributed by atoms with E-state index in [1.807, 2.05) is 42.3 Å². The Hall–Kier alpha value is -3.08. The van der Waals surface area contributed by atoms with E-state index in [-0.39, 0.29) is 5.91 Å². The van der Waals surface area contributed by atoms with Gasteiger partial charge in [-0.15, -0.1) is 0 Å². The molecule has 1 amide bonds. The predicted octanol–water partition coefficient (Wildman–Crippen LogP) is 4.04. The number of benzene rings is 2. The highest BCUT2D eigenvalue weighted by Gasteiger charge is 2.22. The van der Waals surface area contributed by atoms with Crippen molar-refractivity contribution in [2.24, 2.45) is 0 Å². The maximum absolute atomic E-state index is 12.2. The quantitative estimate of drug-likeness (QED) is 0.706. The summed E-state index contributed by atoms with van der Waals surface area (Å²) in [7, 11) is 1.64. The first kappa shape index (κ1) is 17.3. The van der Waals surface area contributed by atoms with Crippen molar-refractivity contribution in [2.45, 2.75) is 19.9 Å². The lowest BCUT2D eigenvalue weighted by Gasteiger charge is -2.19. The third kappa shape index (κ3) is 3.33. The van der Waals surface area contributed by atoms with Gasteiger partial charge in [-0.2, -0.15) is 0 Å². The number of hydrogen-bond donors (Lipinski definition) is 0. The number of aromatic nitrogens is 1. The van der Waals surface area contributed by atoms with Crippen LogP contribution in [0.25, 0.3) is 22.0 Å². The molecule has 0 spiro atoms. The molecule has 0 atom stereocenters. The number of carbonyl (C=O) groups is 1. The Morgan fingerprint density at radius 1 is 1.22 bits per heavy atom. The maximum atomic E-state index is 12.2. The summed E-state index contributed by atoms with van der Waals surface area (Å²) in [5, 5.41) is 1.09. The van der Waals surface area contributed by atoms with E-state index in [1.165, 1.54) is 0 Å². The van der Waals surface area contributed by atoms with Crippen molar-refractivity contribution in [2.75, 3.05) is 20.3 Å². The van der Waals surface area contributed by atoms with Gasteiger partial charge in [-0.1, -0.05) is 25.1 Å². The number of methoxy groups -OCH3 is 1. The lowest BCUT2D eigenvalue weighted by atomic mass is 10.0. The van der Waals surface area contributed by atoms with E-state index in [4.69, 9.17) is 9.47 Å². The van der Waals surface area contributed by atoms with Gasteiger partial charge < -0.3 is 14.4 Å². The number of nitrogens with zero attached hydrogens (tertiary/aromatic N) is 2. The van der Waals surface area contributed by atoms with Gasteiger partial charge in [-0.05, 0) is 29.8 Å². The van der Waals surface area contributed by atoms with Gasteiger partial charge in [0.1, 0.15) is 6.61 Å². The number of amides is 1. The molecule has 2 heterocycles. The highest BCUT2D eigenvalue weighted by Crippen LogP contribution is 2.38. The van der Waals surface area contributed by atoms with Crippen LogP contribution in [0.5, 0.6) is 11.5 Å². The summed E-state index contributed by atoms with van der Waals surface area (Å²) >= 11 is 0. The van der Waals surface area contributed by atoms with Crippen LogP contribution in [0.1, 0.15) is 18.9 Å². The van der Waals surface area contributed by atoms with Gasteiger partial charge in [-0.3, -0.25) is 9.78 Å². The van der Waals surface area contributed by atoms with Crippen LogP contribution in [0.2, 0.25) is 0 Å². The second-order valence-electron chi connectivity index (χ2n) is 6.60. The molecule has 3 aromatic rings. The number of carbonyl (C=O) groups excluding carboxylic acids is 1. The van der Waals surface area contributed by atoms with Crippen LogP contribution in [0.4, 0.5) is 0 Å². The minimum Gasteiger partial charge on any atom is -0.493 e. The largest absolute Gasteiger partial charge is 0.493 e. The number of para-hydroxylation sites is 1. The number of pyridine rings is 1. The Morgan fingerprint density at radius 2 is 2.07 bits per heavy atom. The van der Waals surface area contributed by atoms with Crippen molar-refractivity contribution < 1.29 is 14.3 Å². The highest BCUT2D eigenvalue weighted by molar-refractivity contribution is 5.84. The van der Waals surface area contributed by atoms with Crippen LogP contribution >= 0.6 is 0 Å². The molecule has 138 valence electrons. The first-order chi connectivity index (χ1) is 13.2. The summed E-state index contributed by atoms with van der Waals surface area (Å²) in [6.07, 6.45) is 2.36. The normalized spacial score (nSPS) is 13.6. The summed E-state index contributed by atoms with van der Waals surface area (Å²) in [5.41, 5.74) is 3.92. The number of fused-ring (bicyclic) bond motifs is 2. The highest BCUT2D eigenvalue weighted by atomic mass is 16.5. The molecular formula is C22H22N2O3. The fraction of sp³-hybridized carbons (Fsp3) is 0.273. The van der Waals surface area contributed by atoms with Crippen LogP contribution in [0, 0.1) is 0 Å². The molecule has 0 aliphatic carbocycles. The molecule has 0 saturated carbocycles. The van der Waals surface area contributed by atoms with Crippen LogP contribution in [-0.2, 0) is 11.3 Å². The minimum atomic E-state index is 0.128. The molecule has 2 aromatic carbocycles. The second-order valence-corrected chi connectivity index (χ2v) is 6.60. The molecule has 5 heteroatoms. The van der Waals surface area contributed by atoms with E-state index in [9.17, 15) is 4.79 Å². The van der Waals surface area contributed by atoms with E-state index < -0.39 is 0 Å². The van der Waals surface area contributed by atoms with E-state index in [0.29, 0.717) is 31.9 Å². The van der Waals surface area contributed by atoms with E-state index >= 15 is 0 Å². The van der Waals surface area contributed by atoms with Crippen LogP contribution in [0.3, 0.4) is 0 Å². The maximum Gasteiger partial charge on any atom is 0.222 e. The standard InChI is InChI=1S/C22H22N2O3/c1-3-21(25)24-8-9-27-22-18(14-24)11-16(12-20(22)26-2)17-10-15-6-4-5-7-19(15)23-13-17/h4-7,10-13H,3,8-9,14H2,1-2H3. The van der Waals surface area contributed by atoms with E-state index in [1.54, 1.807) is 7.11 Å². The lowest BCUT2D eigenvalue weighted by molar-refractivity contribution is -0.131. The van der Waals surface area contributed by atoms with Gasteiger partial charge in [0.25, 0.3) is 0 Å². The molecule has 0 bridgehead atoms. The van der Waals surface area contributed by atoms with Gasteiger partial charge in [0.2, 0.25) is 5.91 Å². The molecule has 5 nitrogen and oxygen atoms in total. The van der Waals surface area contributed by atoms with Gasteiger partial charge >= 0.3 is 0 Å². The summed E-state index contributed by atoms with van der Waals surface area (Å²) in [6, 6.07) is 14.2. The van der Waals surface area contributed by atoms with E-state index in [0.717, 1.165) is 33.3 Å². The van der Waals surface area contributed by atoms with Gasteiger partial charge in [-0.25, -0.2) is 0 Å². The van der Waals surface area contributed by atoms with Crippen molar-refractivity contribution in [3.8, 4) is 22.6 Å². The van der Waals surface area contributed by atoms with Gasteiger partial charge in [0, 0.05) is 35.7 Å². The predicted molar refractivity (Wildman–Crippen MR) is 105 cm³/mol. The third-order valence-electron chi connectivity index (χ3n) is 4.90. The summed E-state index contributed by atoms with van der Waals surface area (Å²) in [6.45, 7) is 3.45. The van der Waals surface area contributed by atoms with Crippen molar-refractivity contribution in [3.63, 3.8) is 0 Å². The molecule has 0 fully saturated rings. The van der Waals surface area contributed by atoms with Gasteiger partial charge in [0.05, 0.1) is 19.2 Å². The van der Waals surface area contributed by atoms with Crippen molar-refractivity contribution in [3.05, 3.63) is 54.2 Å². The van der Waals surface area contributed by atoms with Crippen LogP contribution in [-0.4, -0.2) is 36.1 Å². The molecular weight excluding hydrogens is 340 g/mol. The molecule has 0 N–H and O–H groups in total. The molecule has 0 radical (unpaired) electrons. The zero-order chi connectivity index (χ0) is 18.8. The monoisotopic (exact) mass is 362 g/mol. The third-order valence-corrected chi connectivity index (χ3v) is 4.90. The molecule has 1 aliphatic heterocycles. The summed E-state index contributed by atoms with van der Waals surface area (Å²) < 4.78 is 11.5. The van der Waals surface area contributed by atoms with Crippen LogP contribution < -0.4 is 9.47 Å². The SMILES string of the molecule is CCC(=O)N1CCOc2c(cc(-c3cnc4ccccc4c3)cc2OC)C1. The number of hydrogen-bond acceptors (Lipinski definition) is 4. The molecule has 0 unspecified atom stereocenters. The topological polar surface area (TPSA) is 51.7 Å². The summed E-state index contributed by atoms with van der Waals surface area (Å²) in [5.74, 6) is 1.53. The molecule has 1 aliphatic rings. The second kappa shape index (κ2) is 7.27. The molecule has 27 heavy (non-hydrogen) atoms. The van der Waals surface area contributed by atoms with E-state index in [2.05, 4.69) is 23.2 Å². The number of ether oxygens (including phenoxy) is 2. The fourth-order valence-electron chi connectivity index (χ4n) is 3.47. The van der Waals surface area contributed by atoms with Crippen molar-refractivity contribution in [1.82, 2.24) is 9.88 Å².